The zero-order chi connectivity index (χ0) is 22.6. The molecule has 5 rings (SSSR count). The molecule has 0 aliphatic carbocycles. The van der Waals surface area contributed by atoms with E-state index in [1.165, 1.54) is 0 Å². The first-order chi connectivity index (χ1) is 16.2. The van der Waals surface area contributed by atoms with Crippen LogP contribution in [0.25, 0.3) is 11.2 Å². The Hall–Kier alpha value is -4.01. The zero-order valence-corrected chi connectivity index (χ0v) is 18.5. The van der Waals surface area contributed by atoms with Gasteiger partial charge >= 0.3 is 0 Å². The Kier molecular flexibility index (Phi) is 5.84. The van der Waals surface area contributed by atoms with Crippen molar-refractivity contribution in [2.75, 3.05) is 37.7 Å². The molecule has 1 amide bonds. The number of piperazine rings is 1. The van der Waals surface area contributed by atoms with Gasteiger partial charge < -0.3 is 14.5 Å². The number of anilines is 1. The molecule has 9 nitrogen and oxygen atoms in total. The summed E-state index contributed by atoms with van der Waals surface area (Å²) < 4.78 is 7.44. The number of amides is 1. The number of hydrogen-bond acceptors (Lipinski definition) is 7. The number of carbonyl (C=O) groups is 1. The number of fused-ring (bicyclic) bond motifs is 1. The number of nitrogens with zero attached hydrogens (tertiary/aromatic N) is 7. The lowest BCUT2D eigenvalue weighted by Crippen LogP contribution is -2.50. The summed E-state index contributed by atoms with van der Waals surface area (Å²) in [5.41, 5.74) is 3.66. The normalized spacial score (nSPS) is 14.0. The maximum Gasteiger partial charge on any atom is 0.260 e. The Balaban J connectivity index is 1.22. The molecule has 0 radical (unpaired) electrons. The SMILES string of the molecule is Cc1ccc(OCC(=O)N2CCN(c3ncnc4c3nnn4Cc3ccccc3)CC2)cc1. The third kappa shape index (κ3) is 4.62. The first-order valence-corrected chi connectivity index (χ1v) is 11.0. The maximum absolute atomic E-state index is 12.6. The molecule has 0 atom stereocenters. The van der Waals surface area contributed by atoms with Gasteiger partial charge in [0.25, 0.3) is 5.91 Å². The lowest BCUT2D eigenvalue weighted by Gasteiger charge is -2.35. The van der Waals surface area contributed by atoms with Crippen molar-refractivity contribution in [3.05, 3.63) is 72.1 Å². The Morgan fingerprint density at radius 2 is 1.73 bits per heavy atom. The highest BCUT2D eigenvalue weighted by atomic mass is 16.5. The summed E-state index contributed by atoms with van der Waals surface area (Å²) in [7, 11) is 0. The largest absolute Gasteiger partial charge is 0.484 e. The lowest BCUT2D eigenvalue weighted by molar-refractivity contribution is -0.133. The van der Waals surface area contributed by atoms with Gasteiger partial charge in [-0.25, -0.2) is 14.6 Å². The van der Waals surface area contributed by atoms with Gasteiger partial charge in [-0.05, 0) is 24.6 Å². The third-order valence-corrected chi connectivity index (χ3v) is 5.77. The summed E-state index contributed by atoms with van der Waals surface area (Å²) in [6.45, 7) is 5.16. The van der Waals surface area contributed by atoms with Crippen LogP contribution in [0.3, 0.4) is 0 Å². The highest BCUT2D eigenvalue weighted by molar-refractivity contribution is 5.83. The molecule has 1 aliphatic heterocycles. The van der Waals surface area contributed by atoms with Gasteiger partial charge in [0.15, 0.2) is 23.6 Å². The smallest absolute Gasteiger partial charge is 0.260 e. The van der Waals surface area contributed by atoms with Crippen molar-refractivity contribution < 1.29 is 9.53 Å². The van der Waals surface area contributed by atoms with E-state index in [-0.39, 0.29) is 12.5 Å². The van der Waals surface area contributed by atoms with Crippen LogP contribution in [0.5, 0.6) is 5.75 Å². The van der Waals surface area contributed by atoms with Crippen molar-refractivity contribution in [2.45, 2.75) is 13.5 Å². The fourth-order valence-corrected chi connectivity index (χ4v) is 3.91. The highest BCUT2D eigenvalue weighted by Crippen LogP contribution is 2.22. The molecule has 2 aromatic carbocycles. The number of rotatable bonds is 6. The molecule has 0 N–H and O–H groups in total. The van der Waals surface area contributed by atoms with Gasteiger partial charge in [-0.3, -0.25) is 4.79 Å². The summed E-state index contributed by atoms with van der Waals surface area (Å²) in [5, 5.41) is 8.66. The predicted molar refractivity (Wildman–Crippen MR) is 124 cm³/mol. The summed E-state index contributed by atoms with van der Waals surface area (Å²) in [6, 6.07) is 17.8. The summed E-state index contributed by atoms with van der Waals surface area (Å²) >= 11 is 0. The number of aromatic nitrogens is 5. The number of ether oxygens (including phenoxy) is 1. The van der Waals surface area contributed by atoms with Gasteiger partial charge in [0.05, 0.1) is 6.54 Å². The van der Waals surface area contributed by atoms with Crippen LogP contribution in [0.15, 0.2) is 60.9 Å². The molecule has 1 saturated heterocycles. The van der Waals surface area contributed by atoms with Crippen molar-refractivity contribution in [3.8, 4) is 5.75 Å². The molecule has 9 heteroatoms. The molecule has 168 valence electrons. The topological polar surface area (TPSA) is 89.3 Å². The van der Waals surface area contributed by atoms with Crippen LogP contribution < -0.4 is 9.64 Å². The van der Waals surface area contributed by atoms with Crippen LogP contribution in [0.4, 0.5) is 5.82 Å². The van der Waals surface area contributed by atoms with E-state index in [2.05, 4.69) is 25.2 Å². The van der Waals surface area contributed by atoms with E-state index in [0.29, 0.717) is 49.6 Å². The van der Waals surface area contributed by atoms with Gasteiger partial charge in [-0.2, -0.15) is 0 Å². The monoisotopic (exact) mass is 443 g/mol. The molecule has 0 saturated carbocycles. The van der Waals surface area contributed by atoms with E-state index in [1.54, 1.807) is 11.0 Å². The second-order valence-electron chi connectivity index (χ2n) is 8.07. The van der Waals surface area contributed by atoms with Crippen LogP contribution in [-0.4, -0.2) is 68.6 Å². The quantitative estimate of drug-likeness (QED) is 0.452. The van der Waals surface area contributed by atoms with Gasteiger partial charge in [-0.1, -0.05) is 53.2 Å². The number of hydrogen-bond donors (Lipinski definition) is 0. The van der Waals surface area contributed by atoms with E-state index >= 15 is 0 Å². The number of benzene rings is 2. The minimum atomic E-state index is -0.0168. The summed E-state index contributed by atoms with van der Waals surface area (Å²) in [5.74, 6) is 1.44. The van der Waals surface area contributed by atoms with Gasteiger partial charge in [0.2, 0.25) is 0 Å². The first kappa shape index (κ1) is 20.9. The van der Waals surface area contributed by atoms with E-state index < -0.39 is 0 Å². The molecule has 33 heavy (non-hydrogen) atoms. The Morgan fingerprint density at radius 1 is 0.970 bits per heavy atom. The van der Waals surface area contributed by atoms with E-state index in [1.807, 2.05) is 66.4 Å². The fraction of sp³-hybridized carbons (Fsp3) is 0.292. The average molecular weight is 444 g/mol. The van der Waals surface area contributed by atoms with Crippen molar-refractivity contribution in [1.82, 2.24) is 29.9 Å². The lowest BCUT2D eigenvalue weighted by atomic mass is 10.2. The molecule has 0 bridgehead atoms. The minimum Gasteiger partial charge on any atom is -0.484 e. The van der Waals surface area contributed by atoms with E-state index in [4.69, 9.17) is 4.74 Å². The zero-order valence-electron chi connectivity index (χ0n) is 18.5. The average Bonchev–Trinajstić information content (AvgIpc) is 3.27. The highest BCUT2D eigenvalue weighted by Gasteiger charge is 2.25. The van der Waals surface area contributed by atoms with Crippen molar-refractivity contribution in [1.29, 1.82) is 0 Å². The predicted octanol–water partition coefficient (Wildman–Crippen LogP) is 2.31. The van der Waals surface area contributed by atoms with Crippen molar-refractivity contribution in [2.24, 2.45) is 0 Å². The Morgan fingerprint density at radius 3 is 2.48 bits per heavy atom. The molecule has 2 aromatic heterocycles. The molecule has 1 fully saturated rings. The molecular formula is C24H25N7O2. The second-order valence-corrected chi connectivity index (χ2v) is 8.07. The molecule has 3 heterocycles. The molecule has 0 spiro atoms. The van der Waals surface area contributed by atoms with Crippen LogP contribution in [-0.2, 0) is 11.3 Å². The van der Waals surface area contributed by atoms with Crippen LogP contribution >= 0.6 is 0 Å². The Bertz CT molecular complexity index is 1230. The van der Waals surface area contributed by atoms with Gasteiger partial charge in [0.1, 0.15) is 12.1 Å². The van der Waals surface area contributed by atoms with Crippen LogP contribution in [0.2, 0.25) is 0 Å². The fourth-order valence-electron chi connectivity index (χ4n) is 3.91. The summed E-state index contributed by atoms with van der Waals surface area (Å²) in [6.07, 6.45) is 1.55. The molecule has 1 aliphatic rings. The van der Waals surface area contributed by atoms with Gasteiger partial charge in [0, 0.05) is 26.2 Å². The van der Waals surface area contributed by atoms with Crippen LogP contribution in [0, 0.1) is 6.92 Å². The Labute approximate surface area is 191 Å². The number of carbonyl (C=O) groups excluding carboxylic acids is 1. The molecule has 0 unspecified atom stereocenters. The summed E-state index contributed by atoms with van der Waals surface area (Å²) in [4.78, 5) is 25.5. The van der Waals surface area contributed by atoms with Crippen molar-refractivity contribution >= 4 is 22.9 Å². The van der Waals surface area contributed by atoms with Crippen LogP contribution in [0.1, 0.15) is 11.1 Å². The second kappa shape index (κ2) is 9.23. The molecule has 4 aromatic rings. The van der Waals surface area contributed by atoms with E-state index in [0.717, 1.165) is 16.9 Å². The standard InChI is InChI=1S/C24H25N7O2/c1-18-7-9-20(10-8-18)33-16-21(32)29-11-13-30(14-12-29)23-22-24(26-17-25-23)31(28-27-22)15-19-5-3-2-4-6-19/h2-10,17H,11-16H2,1H3. The van der Waals surface area contributed by atoms with Gasteiger partial charge in [-0.15, -0.1) is 5.10 Å². The number of aryl methyl sites for hydroxylation is 1. The maximum atomic E-state index is 12.6. The third-order valence-electron chi connectivity index (χ3n) is 5.77. The molecular weight excluding hydrogens is 418 g/mol. The van der Waals surface area contributed by atoms with Crippen molar-refractivity contribution in [3.63, 3.8) is 0 Å². The minimum absolute atomic E-state index is 0.0168. The first-order valence-electron chi connectivity index (χ1n) is 11.0. The van der Waals surface area contributed by atoms with E-state index in [9.17, 15) is 4.79 Å².